The molecule has 3 aromatic rings. The molecule has 0 unspecified atom stereocenters. The SMILES string of the molecule is O=C(O)c1ccccc1N=Nc1c(S(=O)(=O)[O-])cc2cc(S(=O)(=O)[O-])ccc2c1O.[Na+].[Na+]. The summed E-state index contributed by atoms with van der Waals surface area (Å²) in [5, 5.41) is 26.5. The van der Waals surface area contributed by atoms with Crippen molar-refractivity contribution < 1.29 is 100 Å². The number of benzene rings is 3. The molecule has 32 heavy (non-hydrogen) atoms. The van der Waals surface area contributed by atoms with Crippen LogP contribution in [-0.4, -0.2) is 42.1 Å². The first-order valence-corrected chi connectivity index (χ1v) is 10.7. The van der Waals surface area contributed by atoms with Crippen molar-refractivity contribution in [2.24, 2.45) is 10.2 Å². The van der Waals surface area contributed by atoms with E-state index in [-0.39, 0.29) is 81.1 Å². The van der Waals surface area contributed by atoms with Gasteiger partial charge in [0.05, 0.1) is 15.4 Å². The van der Waals surface area contributed by atoms with E-state index < -0.39 is 47.4 Å². The number of hydrogen-bond donors (Lipinski definition) is 2. The zero-order valence-electron chi connectivity index (χ0n) is 16.6. The van der Waals surface area contributed by atoms with Gasteiger partial charge in [0, 0.05) is 5.39 Å². The van der Waals surface area contributed by atoms with Crippen LogP contribution in [0.15, 0.2) is 68.6 Å². The van der Waals surface area contributed by atoms with Gasteiger partial charge < -0.3 is 19.3 Å². The Hall–Kier alpha value is -1.39. The molecule has 15 heteroatoms. The molecule has 0 aliphatic heterocycles. The topological polar surface area (TPSA) is 197 Å². The second-order valence-electron chi connectivity index (χ2n) is 5.89. The zero-order chi connectivity index (χ0) is 22.3. The second kappa shape index (κ2) is 10.7. The average molecular weight is 496 g/mol. The minimum Gasteiger partial charge on any atom is -0.744 e. The van der Waals surface area contributed by atoms with E-state index in [9.17, 15) is 35.8 Å². The Morgan fingerprint density at radius 2 is 1.50 bits per heavy atom. The Kier molecular flexibility index (Phi) is 9.57. The van der Waals surface area contributed by atoms with E-state index in [1.807, 2.05) is 0 Å². The third-order valence-electron chi connectivity index (χ3n) is 3.97. The summed E-state index contributed by atoms with van der Waals surface area (Å²) in [5.74, 6) is -2.16. The summed E-state index contributed by atoms with van der Waals surface area (Å²) in [6, 6.07) is 8.80. The van der Waals surface area contributed by atoms with Gasteiger partial charge in [0.1, 0.15) is 31.6 Å². The largest absolute Gasteiger partial charge is 1.00 e. The third kappa shape index (κ3) is 6.14. The van der Waals surface area contributed by atoms with E-state index in [0.717, 1.165) is 24.3 Å². The van der Waals surface area contributed by atoms with Crippen LogP contribution in [0.4, 0.5) is 11.4 Å². The molecule has 2 N–H and O–H groups in total. The van der Waals surface area contributed by atoms with Crippen molar-refractivity contribution in [2.75, 3.05) is 0 Å². The third-order valence-corrected chi connectivity index (χ3v) is 5.65. The summed E-state index contributed by atoms with van der Waals surface area (Å²) in [4.78, 5) is 9.50. The molecule has 11 nitrogen and oxygen atoms in total. The van der Waals surface area contributed by atoms with Crippen LogP contribution in [0.5, 0.6) is 5.75 Å². The van der Waals surface area contributed by atoms with E-state index in [0.29, 0.717) is 0 Å². The normalized spacial score (nSPS) is 11.7. The Morgan fingerprint density at radius 3 is 2.06 bits per heavy atom. The molecule has 0 saturated heterocycles. The van der Waals surface area contributed by atoms with Crippen LogP contribution in [0, 0.1) is 0 Å². The van der Waals surface area contributed by atoms with Crippen molar-refractivity contribution in [3.63, 3.8) is 0 Å². The van der Waals surface area contributed by atoms with Gasteiger partial charge in [-0.05, 0) is 41.8 Å². The second-order valence-corrected chi connectivity index (χ2v) is 8.61. The van der Waals surface area contributed by atoms with E-state index >= 15 is 0 Å². The molecule has 0 aliphatic carbocycles. The number of carboxylic acid groups (broad SMARTS) is 1. The fourth-order valence-corrected chi connectivity index (χ4v) is 3.77. The number of nitrogens with zero attached hydrogens (tertiary/aromatic N) is 2. The monoisotopic (exact) mass is 496 g/mol. The van der Waals surface area contributed by atoms with Crippen LogP contribution < -0.4 is 59.1 Å². The number of fused-ring (bicyclic) bond motifs is 1. The molecule has 0 heterocycles. The standard InChI is InChI=1S/C17H12N2O9S2.2Na/c20-16-11-6-5-10(29(23,24)25)7-9(11)8-14(30(26,27)28)15(16)19-18-13-4-2-1-3-12(13)17(21)22;;/h1-8,20H,(H,21,22)(H,23,24,25)(H,26,27,28);;/q;2*+1/p-2. The molecule has 0 aliphatic rings. The molecule has 0 aromatic heterocycles. The molecule has 0 bridgehead atoms. The minimum absolute atomic E-state index is 0. The predicted octanol–water partition coefficient (Wildman–Crippen LogP) is -3.52. The summed E-state index contributed by atoms with van der Waals surface area (Å²) in [5.41, 5.74) is -1.21. The number of phenols is 1. The molecule has 3 rings (SSSR count). The smallest absolute Gasteiger partial charge is 0.744 e. The zero-order valence-corrected chi connectivity index (χ0v) is 22.2. The Bertz CT molecular complexity index is 1440. The van der Waals surface area contributed by atoms with Crippen molar-refractivity contribution in [1.29, 1.82) is 0 Å². The van der Waals surface area contributed by atoms with Gasteiger partial charge in [-0.2, -0.15) is 0 Å². The van der Waals surface area contributed by atoms with Crippen LogP contribution >= 0.6 is 0 Å². The van der Waals surface area contributed by atoms with Crippen molar-refractivity contribution >= 4 is 48.4 Å². The van der Waals surface area contributed by atoms with Crippen LogP contribution in [0.1, 0.15) is 10.4 Å². The number of azo groups is 1. The van der Waals surface area contributed by atoms with Crippen molar-refractivity contribution in [2.45, 2.75) is 9.79 Å². The van der Waals surface area contributed by atoms with Gasteiger partial charge in [0.15, 0.2) is 5.75 Å². The number of carbonyl (C=O) groups is 1. The van der Waals surface area contributed by atoms with Crippen LogP contribution in [0.2, 0.25) is 0 Å². The number of phenolic OH excluding ortho intramolecular Hbond substituents is 1. The molecule has 0 fully saturated rings. The fourth-order valence-electron chi connectivity index (χ4n) is 2.62. The van der Waals surface area contributed by atoms with Gasteiger partial charge >= 0.3 is 65.1 Å². The Labute approximate surface area is 226 Å². The van der Waals surface area contributed by atoms with Crippen LogP contribution in [0.25, 0.3) is 10.8 Å². The van der Waals surface area contributed by atoms with Gasteiger partial charge in [0.2, 0.25) is 0 Å². The Morgan fingerprint density at radius 1 is 0.875 bits per heavy atom. The summed E-state index contributed by atoms with van der Waals surface area (Å²) < 4.78 is 68.6. The van der Waals surface area contributed by atoms with E-state index in [1.54, 1.807) is 0 Å². The maximum atomic E-state index is 11.7. The van der Waals surface area contributed by atoms with Crippen molar-refractivity contribution in [3.8, 4) is 5.75 Å². The fraction of sp³-hybridized carbons (Fsp3) is 0. The summed E-state index contributed by atoms with van der Waals surface area (Å²) >= 11 is 0. The van der Waals surface area contributed by atoms with E-state index in [4.69, 9.17) is 5.11 Å². The first kappa shape index (κ1) is 28.6. The summed E-state index contributed by atoms with van der Waals surface area (Å²) in [6.45, 7) is 0. The maximum absolute atomic E-state index is 11.7. The average Bonchev–Trinajstić information content (AvgIpc) is 2.65. The number of aromatic carboxylic acids is 1. The van der Waals surface area contributed by atoms with Crippen LogP contribution in [0.3, 0.4) is 0 Å². The number of rotatable bonds is 5. The molecular weight excluding hydrogens is 486 g/mol. The quantitative estimate of drug-likeness (QED) is 0.204. The Balaban J connectivity index is 0.00000256. The van der Waals surface area contributed by atoms with E-state index in [2.05, 4.69) is 10.2 Å². The first-order chi connectivity index (χ1) is 13.9. The van der Waals surface area contributed by atoms with Gasteiger partial charge in [-0.1, -0.05) is 12.1 Å². The molecule has 3 aromatic carbocycles. The maximum Gasteiger partial charge on any atom is 1.00 e. The van der Waals surface area contributed by atoms with Crippen molar-refractivity contribution in [3.05, 3.63) is 54.1 Å². The van der Waals surface area contributed by atoms with Gasteiger partial charge in [-0.3, -0.25) is 0 Å². The molecule has 0 spiro atoms. The number of hydrogen-bond acceptors (Lipinski definition) is 10. The van der Waals surface area contributed by atoms with Crippen LogP contribution in [-0.2, 0) is 20.2 Å². The molecule has 0 amide bonds. The van der Waals surface area contributed by atoms with Gasteiger partial charge in [0.25, 0.3) is 0 Å². The van der Waals surface area contributed by atoms with E-state index in [1.165, 1.54) is 24.3 Å². The number of carboxylic acids is 1. The molecule has 156 valence electrons. The minimum atomic E-state index is -5.23. The summed E-state index contributed by atoms with van der Waals surface area (Å²) in [6.07, 6.45) is 0. The molecule has 0 atom stereocenters. The van der Waals surface area contributed by atoms with Gasteiger partial charge in [-0.15, -0.1) is 10.2 Å². The number of aromatic hydroxyl groups is 1. The first-order valence-electron chi connectivity index (χ1n) is 7.85. The molecule has 0 saturated carbocycles. The summed E-state index contributed by atoms with van der Waals surface area (Å²) in [7, 11) is -10.1. The molecular formula is C17H10N2Na2O9S2. The molecule has 0 radical (unpaired) electrons. The van der Waals surface area contributed by atoms with Crippen molar-refractivity contribution in [1.82, 2.24) is 0 Å². The predicted molar refractivity (Wildman–Crippen MR) is 99.1 cm³/mol. The van der Waals surface area contributed by atoms with Gasteiger partial charge in [-0.25, -0.2) is 21.6 Å².